The number of phenolic OH excluding ortho intramolecular Hbond substituents is 1. The Morgan fingerprint density at radius 1 is 1.22 bits per heavy atom. The standard InChI is InChI=1S/C18H14N2O2S/c1-10-6-7-15-11(8-10)9-13-17(22-15)19-16(20-18(13)23)12-4-2-3-5-14(12)21/h2-8,21H,9H2,1H3,(H,19,20,23). The van der Waals surface area contributed by atoms with E-state index in [2.05, 4.69) is 23.0 Å². The predicted molar refractivity (Wildman–Crippen MR) is 90.6 cm³/mol. The molecule has 1 aliphatic rings. The summed E-state index contributed by atoms with van der Waals surface area (Å²) in [5, 5.41) is 10.0. The number of para-hydroxylation sites is 1. The highest BCUT2D eigenvalue weighted by Gasteiger charge is 2.21. The molecule has 5 heteroatoms. The van der Waals surface area contributed by atoms with E-state index in [1.165, 1.54) is 5.56 Å². The van der Waals surface area contributed by atoms with Gasteiger partial charge in [-0.25, -0.2) is 4.98 Å². The summed E-state index contributed by atoms with van der Waals surface area (Å²) in [6.07, 6.45) is 0.690. The number of ether oxygens (including phenoxy) is 1. The highest BCUT2D eigenvalue weighted by atomic mass is 32.1. The quantitative estimate of drug-likeness (QED) is 0.506. The molecule has 1 aliphatic heterocycles. The molecular weight excluding hydrogens is 308 g/mol. The molecule has 0 fully saturated rings. The van der Waals surface area contributed by atoms with Crippen LogP contribution >= 0.6 is 12.2 Å². The van der Waals surface area contributed by atoms with Crippen molar-refractivity contribution >= 4 is 12.2 Å². The molecule has 4 nitrogen and oxygen atoms in total. The molecule has 0 radical (unpaired) electrons. The minimum Gasteiger partial charge on any atom is -0.507 e. The average molecular weight is 322 g/mol. The van der Waals surface area contributed by atoms with Crippen LogP contribution in [0.2, 0.25) is 0 Å². The Kier molecular flexibility index (Phi) is 3.16. The number of benzene rings is 2. The van der Waals surface area contributed by atoms with Gasteiger partial charge < -0.3 is 14.8 Å². The van der Waals surface area contributed by atoms with Crippen LogP contribution in [-0.2, 0) is 6.42 Å². The van der Waals surface area contributed by atoms with Crippen molar-refractivity contribution in [2.75, 3.05) is 0 Å². The summed E-state index contributed by atoms with van der Waals surface area (Å²) in [6, 6.07) is 13.1. The van der Waals surface area contributed by atoms with Crippen LogP contribution in [0.1, 0.15) is 16.7 Å². The zero-order valence-corrected chi connectivity index (χ0v) is 13.3. The number of hydrogen-bond donors (Lipinski definition) is 2. The lowest BCUT2D eigenvalue weighted by Gasteiger charge is -2.21. The minimum atomic E-state index is 0.150. The summed E-state index contributed by atoms with van der Waals surface area (Å²) in [6.45, 7) is 2.05. The van der Waals surface area contributed by atoms with Crippen LogP contribution in [0.4, 0.5) is 0 Å². The number of nitrogens with one attached hydrogen (secondary N) is 1. The first kappa shape index (κ1) is 14.0. The van der Waals surface area contributed by atoms with Gasteiger partial charge >= 0.3 is 0 Å². The maximum atomic E-state index is 10.0. The second-order valence-electron chi connectivity index (χ2n) is 5.61. The number of aryl methyl sites for hydroxylation is 1. The summed E-state index contributed by atoms with van der Waals surface area (Å²) >= 11 is 5.44. The minimum absolute atomic E-state index is 0.150. The number of rotatable bonds is 1. The molecule has 2 heterocycles. The molecule has 4 rings (SSSR count). The van der Waals surface area contributed by atoms with Crippen LogP contribution < -0.4 is 4.74 Å². The van der Waals surface area contributed by atoms with Crippen LogP contribution in [0.3, 0.4) is 0 Å². The first-order chi connectivity index (χ1) is 11.1. The van der Waals surface area contributed by atoms with Crippen molar-refractivity contribution in [3.63, 3.8) is 0 Å². The van der Waals surface area contributed by atoms with Crippen LogP contribution in [0.15, 0.2) is 42.5 Å². The molecule has 0 aliphatic carbocycles. The van der Waals surface area contributed by atoms with E-state index in [0.29, 0.717) is 28.3 Å². The fourth-order valence-corrected chi connectivity index (χ4v) is 3.02. The third kappa shape index (κ3) is 2.39. The molecule has 23 heavy (non-hydrogen) atoms. The lowest BCUT2D eigenvalue weighted by molar-refractivity contribution is 0.438. The van der Waals surface area contributed by atoms with Crippen molar-refractivity contribution < 1.29 is 9.84 Å². The van der Waals surface area contributed by atoms with Gasteiger partial charge in [0, 0.05) is 6.42 Å². The second kappa shape index (κ2) is 5.21. The summed E-state index contributed by atoms with van der Waals surface area (Å²) in [5.74, 6) is 2.07. The number of aromatic nitrogens is 2. The van der Waals surface area contributed by atoms with E-state index >= 15 is 0 Å². The van der Waals surface area contributed by atoms with Crippen molar-refractivity contribution in [3.05, 3.63) is 63.8 Å². The van der Waals surface area contributed by atoms with Crippen LogP contribution in [0.25, 0.3) is 11.4 Å². The summed E-state index contributed by atoms with van der Waals surface area (Å²) < 4.78 is 6.46. The highest BCUT2D eigenvalue weighted by Crippen LogP contribution is 2.37. The lowest BCUT2D eigenvalue weighted by Crippen LogP contribution is -2.08. The molecule has 3 aromatic rings. The van der Waals surface area contributed by atoms with Crippen LogP contribution in [0, 0.1) is 11.6 Å². The number of aromatic amines is 1. The number of hydrogen-bond acceptors (Lipinski definition) is 4. The molecule has 0 saturated heterocycles. The van der Waals surface area contributed by atoms with E-state index < -0.39 is 0 Å². The number of H-pyrrole nitrogens is 1. The molecule has 2 aromatic carbocycles. The Bertz CT molecular complexity index is 979. The fraction of sp³-hybridized carbons (Fsp3) is 0.111. The maximum absolute atomic E-state index is 10.0. The van der Waals surface area contributed by atoms with Crippen molar-refractivity contribution in [1.82, 2.24) is 9.97 Å². The van der Waals surface area contributed by atoms with E-state index in [1.54, 1.807) is 18.2 Å². The van der Waals surface area contributed by atoms with E-state index in [9.17, 15) is 5.11 Å². The van der Waals surface area contributed by atoms with E-state index in [-0.39, 0.29) is 5.75 Å². The van der Waals surface area contributed by atoms with Gasteiger partial charge in [0.2, 0.25) is 5.88 Å². The molecule has 0 unspecified atom stereocenters. The zero-order chi connectivity index (χ0) is 16.0. The van der Waals surface area contributed by atoms with Gasteiger partial charge in [0.25, 0.3) is 0 Å². The van der Waals surface area contributed by atoms with Crippen LogP contribution in [-0.4, -0.2) is 15.1 Å². The Morgan fingerprint density at radius 2 is 2.04 bits per heavy atom. The smallest absolute Gasteiger partial charge is 0.205 e. The molecule has 0 spiro atoms. The molecular formula is C18H14N2O2S. The Morgan fingerprint density at radius 3 is 2.87 bits per heavy atom. The molecule has 2 N–H and O–H groups in total. The normalized spacial score (nSPS) is 12.2. The first-order valence-electron chi connectivity index (χ1n) is 7.31. The monoisotopic (exact) mass is 322 g/mol. The molecule has 114 valence electrons. The van der Waals surface area contributed by atoms with Gasteiger partial charge in [-0.15, -0.1) is 0 Å². The zero-order valence-electron chi connectivity index (χ0n) is 12.5. The van der Waals surface area contributed by atoms with Gasteiger partial charge in [-0.05, 0) is 30.7 Å². The van der Waals surface area contributed by atoms with Crippen molar-refractivity contribution in [2.45, 2.75) is 13.3 Å². The predicted octanol–water partition coefficient (Wildman–Crippen LogP) is 4.52. The molecule has 0 saturated carbocycles. The van der Waals surface area contributed by atoms with Gasteiger partial charge in [-0.2, -0.15) is 0 Å². The van der Waals surface area contributed by atoms with Gasteiger partial charge in [0.15, 0.2) is 0 Å². The second-order valence-corrected chi connectivity index (χ2v) is 5.99. The summed E-state index contributed by atoms with van der Waals surface area (Å²) in [4.78, 5) is 7.59. The third-order valence-electron chi connectivity index (χ3n) is 3.93. The largest absolute Gasteiger partial charge is 0.507 e. The van der Waals surface area contributed by atoms with Gasteiger partial charge in [-0.3, -0.25) is 0 Å². The molecule has 0 amide bonds. The average Bonchev–Trinajstić information content (AvgIpc) is 2.54. The van der Waals surface area contributed by atoms with Gasteiger partial charge in [-0.1, -0.05) is 42.0 Å². The molecule has 0 atom stereocenters. The van der Waals surface area contributed by atoms with E-state index in [0.717, 1.165) is 16.9 Å². The van der Waals surface area contributed by atoms with Crippen molar-refractivity contribution in [1.29, 1.82) is 0 Å². The van der Waals surface area contributed by atoms with E-state index in [4.69, 9.17) is 17.0 Å². The Balaban J connectivity index is 1.85. The van der Waals surface area contributed by atoms with Gasteiger partial charge in [0.05, 0.1) is 11.1 Å². The number of nitrogens with zero attached hydrogens (tertiary/aromatic N) is 1. The van der Waals surface area contributed by atoms with Crippen molar-refractivity contribution in [3.8, 4) is 28.8 Å². The highest BCUT2D eigenvalue weighted by molar-refractivity contribution is 7.71. The summed E-state index contributed by atoms with van der Waals surface area (Å²) in [7, 11) is 0. The number of phenols is 1. The fourth-order valence-electron chi connectivity index (χ4n) is 2.77. The molecule has 1 aromatic heterocycles. The topological polar surface area (TPSA) is 58.1 Å². The summed E-state index contributed by atoms with van der Waals surface area (Å²) in [5.41, 5.74) is 3.76. The third-order valence-corrected chi connectivity index (χ3v) is 4.27. The van der Waals surface area contributed by atoms with Crippen molar-refractivity contribution in [2.24, 2.45) is 0 Å². The van der Waals surface area contributed by atoms with E-state index in [1.807, 2.05) is 18.2 Å². The van der Waals surface area contributed by atoms with Gasteiger partial charge in [0.1, 0.15) is 22.0 Å². The first-order valence-corrected chi connectivity index (χ1v) is 7.71. The maximum Gasteiger partial charge on any atom is 0.205 e. The Labute approximate surface area is 138 Å². The molecule has 0 bridgehead atoms. The lowest BCUT2D eigenvalue weighted by atomic mass is 10.0. The number of fused-ring (bicyclic) bond motifs is 2. The number of aromatic hydroxyl groups is 1. The Hall–Kier alpha value is -2.66. The SMILES string of the molecule is Cc1ccc2c(c1)Cc1c([nH]c(-c3ccccc3O)nc1=S)O2. The van der Waals surface area contributed by atoms with Crippen LogP contribution in [0.5, 0.6) is 17.4 Å².